The van der Waals surface area contributed by atoms with Gasteiger partial charge in [0.1, 0.15) is 5.01 Å². The van der Waals surface area contributed by atoms with Crippen LogP contribution < -0.4 is 5.32 Å². The molecule has 0 aromatic carbocycles. The molecule has 1 aliphatic heterocycles. The topological polar surface area (TPSA) is 28.2 Å². The van der Waals surface area contributed by atoms with E-state index < -0.39 is 0 Å². The average molecular weight is 275 g/mol. The quantitative estimate of drug-likeness (QED) is 0.838. The molecule has 19 heavy (non-hydrogen) atoms. The van der Waals surface area contributed by atoms with Gasteiger partial charge >= 0.3 is 0 Å². The average Bonchev–Trinajstić information content (AvgIpc) is 2.89. The number of allylic oxidation sites excluding steroid dienone is 5. The smallest absolute Gasteiger partial charge is 0.123 e. The van der Waals surface area contributed by atoms with Crippen molar-refractivity contribution in [2.45, 2.75) is 13.5 Å². The molecule has 0 radical (unpaired) electrons. The maximum atomic E-state index is 4.71. The Morgan fingerprint density at radius 2 is 2.32 bits per heavy atom. The fraction of sp³-hybridized carbons (Fsp3) is 0.400. The number of nitrogens with one attached hydrogen (secondary N) is 1. The van der Waals surface area contributed by atoms with Crippen LogP contribution in [0.25, 0.3) is 5.57 Å². The molecule has 0 unspecified atom stereocenters. The minimum absolute atomic E-state index is 0.951. The van der Waals surface area contributed by atoms with Crippen LogP contribution in [-0.4, -0.2) is 36.1 Å². The van der Waals surface area contributed by atoms with Crippen LogP contribution in [0.3, 0.4) is 0 Å². The third-order valence-electron chi connectivity index (χ3n) is 3.08. The number of aromatic nitrogens is 1. The highest BCUT2D eigenvalue weighted by atomic mass is 32.1. The molecule has 0 atom stereocenters. The molecule has 4 heteroatoms. The Balaban J connectivity index is 2.03. The molecule has 0 spiro atoms. The summed E-state index contributed by atoms with van der Waals surface area (Å²) in [6, 6.07) is 0. The molecule has 0 bridgehead atoms. The molecule has 102 valence electrons. The molecular formula is C15H21N3S. The molecule has 1 aromatic rings. The number of hydrogen-bond donors (Lipinski definition) is 1. The first-order chi connectivity index (χ1) is 9.33. The number of rotatable bonds is 5. The number of piperazine rings is 1. The third-order valence-corrected chi connectivity index (χ3v) is 4.02. The summed E-state index contributed by atoms with van der Waals surface area (Å²) in [4.78, 5) is 7.15. The summed E-state index contributed by atoms with van der Waals surface area (Å²) in [7, 11) is 0. The van der Waals surface area contributed by atoms with E-state index in [9.17, 15) is 0 Å². The van der Waals surface area contributed by atoms with Crippen molar-refractivity contribution in [3.63, 3.8) is 0 Å². The third kappa shape index (κ3) is 4.13. The molecular weight excluding hydrogens is 254 g/mol. The van der Waals surface area contributed by atoms with Gasteiger partial charge in [-0.1, -0.05) is 30.9 Å². The van der Waals surface area contributed by atoms with Gasteiger partial charge in [0.2, 0.25) is 0 Å². The van der Waals surface area contributed by atoms with Crippen LogP contribution in [-0.2, 0) is 6.54 Å². The summed E-state index contributed by atoms with van der Waals surface area (Å²) >= 11 is 1.69. The lowest BCUT2D eigenvalue weighted by Crippen LogP contribution is -2.42. The van der Waals surface area contributed by atoms with Gasteiger partial charge < -0.3 is 5.32 Å². The number of thiazole rings is 1. The van der Waals surface area contributed by atoms with Gasteiger partial charge in [-0.3, -0.25) is 4.90 Å². The molecule has 1 aromatic heterocycles. The second-order valence-electron chi connectivity index (χ2n) is 4.52. The lowest BCUT2D eigenvalue weighted by molar-refractivity contribution is 0.231. The normalized spacial score (nSPS) is 18.1. The van der Waals surface area contributed by atoms with Gasteiger partial charge in [0.05, 0.1) is 5.69 Å². The molecule has 3 nitrogen and oxygen atoms in total. The van der Waals surface area contributed by atoms with Crippen molar-refractivity contribution < 1.29 is 0 Å². The monoisotopic (exact) mass is 275 g/mol. The molecule has 0 saturated carbocycles. The van der Waals surface area contributed by atoms with E-state index in [0.717, 1.165) is 49.0 Å². The Labute approximate surface area is 119 Å². The molecule has 2 rings (SSSR count). The molecule has 1 aliphatic rings. The molecule has 2 heterocycles. The fourth-order valence-corrected chi connectivity index (χ4v) is 2.87. The second-order valence-corrected chi connectivity index (χ2v) is 5.38. The second kappa shape index (κ2) is 7.38. The van der Waals surface area contributed by atoms with Crippen LogP contribution in [0.1, 0.15) is 17.6 Å². The largest absolute Gasteiger partial charge is 0.314 e. The maximum Gasteiger partial charge on any atom is 0.123 e. The van der Waals surface area contributed by atoms with Crippen molar-refractivity contribution >= 4 is 16.9 Å². The van der Waals surface area contributed by atoms with E-state index in [1.54, 1.807) is 11.3 Å². The first kappa shape index (κ1) is 14.2. The fourth-order valence-electron chi connectivity index (χ4n) is 2.04. The van der Waals surface area contributed by atoms with Crippen LogP contribution >= 0.6 is 11.3 Å². The molecule has 1 saturated heterocycles. The van der Waals surface area contributed by atoms with Gasteiger partial charge in [-0.15, -0.1) is 11.3 Å². The van der Waals surface area contributed by atoms with Crippen LogP contribution in [0, 0.1) is 0 Å². The number of nitrogens with zero attached hydrogens (tertiary/aromatic N) is 2. The molecule has 0 amide bonds. The van der Waals surface area contributed by atoms with Gasteiger partial charge in [0, 0.05) is 43.7 Å². The Kier molecular flexibility index (Phi) is 5.51. The highest BCUT2D eigenvalue weighted by Crippen LogP contribution is 2.21. The molecule has 1 fully saturated rings. The highest BCUT2D eigenvalue weighted by molar-refractivity contribution is 7.10. The summed E-state index contributed by atoms with van der Waals surface area (Å²) in [5, 5.41) is 6.58. The van der Waals surface area contributed by atoms with E-state index in [1.165, 1.54) is 0 Å². The van der Waals surface area contributed by atoms with Gasteiger partial charge in [-0.2, -0.15) is 0 Å². The Morgan fingerprint density at radius 3 is 3.00 bits per heavy atom. The first-order valence-electron chi connectivity index (χ1n) is 6.66. The van der Waals surface area contributed by atoms with Crippen LogP contribution in [0.2, 0.25) is 0 Å². The van der Waals surface area contributed by atoms with Crippen LogP contribution in [0.15, 0.2) is 36.3 Å². The summed E-state index contributed by atoms with van der Waals surface area (Å²) in [5.41, 5.74) is 2.25. The van der Waals surface area contributed by atoms with E-state index in [4.69, 9.17) is 4.98 Å². The van der Waals surface area contributed by atoms with Gasteiger partial charge in [-0.05, 0) is 6.92 Å². The van der Waals surface area contributed by atoms with E-state index >= 15 is 0 Å². The SMILES string of the molecule is C=C/C(=C\C=C/C)c1nc(CN2CCNCC2)cs1. The maximum absolute atomic E-state index is 4.71. The predicted octanol–water partition coefficient (Wildman–Crippen LogP) is 2.69. The van der Waals surface area contributed by atoms with E-state index in [-0.39, 0.29) is 0 Å². The molecule has 1 N–H and O–H groups in total. The zero-order valence-electron chi connectivity index (χ0n) is 11.4. The van der Waals surface area contributed by atoms with E-state index in [1.807, 2.05) is 25.2 Å². The summed E-state index contributed by atoms with van der Waals surface area (Å²) in [6.45, 7) is 11.2. The predicted molar refractivity (Wildman–Crippen MR) is 83.2 cm³/mol. The summed E-state index contributed by atoms with van der Waals surface area (Å²) < 4.78 is 0. The minimum atomic E-state index is 0.951. The highest BCUT2D eigenvalue weighted by Gasteiger charge is 2.12. The van der Waals surface area contributed by atoms with Crippen LogP contribution in [0.4, 0.5) is 0 Å². The van der Waals surface area contributed by atoms with E-state index in [0.29, 0.717) is 0 Å². The zero-order chi connectivity index (χ0) is 13.5. The van der Waals surface area contributed by atoms with Crippen molar-refractivity contribution in [1.82, 2.24) is 15.2 Å². The Bertz CT molecular complexity index is 467. The van der Waals surface area contributed by atoms with Crippen LogP contribution in [0.5, 0.6) is 0 Å². The standard InChI is InChI=1S/C15H21N3S/c1-3-5-6-13(4-2)15-17-14(12-19-15)11-18-9-7-16-8-10-18/h3-6,12,16H,2,7-11H2,1H3/b5-3-,13-6+. The summed E-state index contributed by atoms with van der Waals surface area (Å²) in [6.07, 6.45) is 7.96. The first-order valence-corrected chi connectivity index (χ1v) is 7.54. The van der Waals surface area contributed by atoms with E-state index in [2.05, 4.69) is 28.3 Å². The van der Waals surface area contributed by atoms with Gasteiger partial charge in [0.15, 0.2) is 0 Å². The van der Waals surface area contributed by atoms with Crippen molar-refractivity contribution in [2.75, 3.05) is 26.2 Å². The zero-order valence-corrected chi connectivity index (χ0v) is 12.2. The van der Waals surface area contributed by atoms with Crippen molar-refractivity contribution in [3.8, 4) is 0 Å². The number of hydrogen-bond acceptors (Lipinski definition) is 4. The van der Waals surface area contributed by atoms with Crippen molar-refractivity contribution in [3.05, 3.63) is 47.0 Å². The van der Waals surface area contributed by atoms with Gasteiger partial charge in [0.25, 0.3) is 0 Å². The van der Waals surface area contributed by atoms with Crippen molar-refractivity contribution in [1.29, 1.82) is 0 Å². The van der Waals surface area contributed by atoms with Gasteiger partial charge in [-0.25, -0.2) is 4.98 Å². The lowest BCUT2D eigenvalue weighted by Gasteiger charge is -2.26. The minimum Gasteiger partial charge on any atom is -0.314 e. The Morgan fingerprint density at radius 1 is 1.53 bits per heavy atom. The Hall–Kier alpha value is -1.23. The molecule has 0 aliphatic carbocycles. The lowest BCUT2D eigenvalue weighted by atomic mass is 10.2. The summed E-state index contributed by atoms with van der Waals surface area (Å²) in [5.74, 6) is 0. The van der Waals surface area contributed by atoms with Crippen molar-refractivity contribution in [2.24, 2.45) is 0 Å².